The van der Waals surface area contributed by atoms with Crippen molar-refractivity contribution >= 4 is 27.3 Å². The normalized spacial score (nSPS) is 21.2. The predicted molar refractivity (Wildman–Crippen MR) is 78.0 cm³/mol. The molecule has 2 rings (SSSR count). The van der Waals surface area contributed by atoms with Gasteiger partial charge in [-0.1, -0.05) is 15.9 Å². The van der Waals surface area contributed by atoms with Gasteiger partial charge in [0.2, 0.25) is 0 Å². The first-order valence-electron chi connectivity index (χ1n) is 6.43. The van der Waals surface area contributed by atoms with E-state index < -0.39 is 0 Å². The summed E-state index contributed by atoms with van der Waals surface area (Å²) in [5, 5.41) is 2.43. The molecule has 1 unspecified atom stereocenters. The highest BCUT2D eigenvalue weighted by Gasteiger charge is 2.24. The molecule has 0 amide bonds. The Hall–Kier alpha value is 0.0700. The Bertz CT molecular complexity index is 345. The summed E-state index contributed by atoms with van der Waals surface area (Å²) >= 11 is 5.39. The van der Waals surface area contributed by atoms with Gasteiger partial charge in [-0.3, -0.25) is 4.90 Å². The van der Waals surface area contributed by atoms with Crippen molar-refractivity contribution in [3.63, 3.8) is 0 Å². The van der Waals surface area contributed by atoms with Crippen molar-refractivity contribution in [1.29, 1.82) is 0 Å². The van der Waals surface area contributed by atoms with Gasteiger partial charge in [-0.2, -0.15) is 0 Å². The van der Waals surface area contributed by atoms with Crippen molar-refractivity contribution < 1.29 is 0 Å². The number of aromatic nitrogens is 1. The molecule has 1 aliphatic rings. The second-order valence-electron chi connectivity index (χ2n) is 4.85. The first kappa shape index (κ1) is 13.5. The van der Waals surface area contributed by atoms with Crippen LogP contribution in [-0.4, -0.2) is 27.8 Å². The molecule has 0 bridgehead atoms. The summed E-state index contributed by atoms with van der Waals surface area (Å²) in [4.78, 5) is 8.65. The number of halogens is 1. The summed E-state index contributed by atoms with van der Waals surface area (Å²) < 4.78 is 0. The lowest BCUT2D eigenvalue weighted by Crippen LogP contribution is -2.28. The maximum absolute atomic E-state index is 4.66. The first-order valence-corrected chi connectivity index (χ1v) is 8.37. The molecule has 1 fully saturated rings. The van der Waals surface area contributed by atoms with Gasteiger partial charge in [-0.25, -0.2) is 4.98 Å². The van der Waals surface area contributed by atoms with Crippen LogP contribution in [0, 0.1) is 13.8 Å². The van der Waals surface area contributed by atoms with Crippen LogP contribution in [0.1, 0.15) is 41.3 Å². The van der Waals surface area contributed by atoms with Gasteiger partial charge in [0, 0.05) is 16.2 Å². The standard InChI is InChI=1S/C13H21BrN2S/c1-10-11(2)17-13(15-10)9-16-8-4-6-12(16)5-3-7-14/h12H,3-9H2,1-2H3. The molecular weight excluding hydrogens is 296 g/mol. The molecule has 0 aliphatic carbocycles. The Morgan fingerprint density at radius 1 is 1.47 bits per heavy atom. The molecule has 1 atom stereocenters. The third-order valence-corrected chi connectivity index (χ3v) is 5.20. The van der Waals surface area contributed by atoms with Crippen molar-refractivity contribution in [3.05, 3.63) is 15.6 Å². The van der Waals surface area contributed by atoms with Crippen molar-refractivity contribution in [1.82, 2.24) is 9.88 Å². The minimum atomic E-state index is 0.789. The predicted octanol–water partition coefficient (Wildman–Crippen LogP) is 3.90. The molecule has 0 N–H and O–H groups in total. The quantitative estimate of drug-likeness (QED) is 0.766. The topological polar surface area (TPSA) is 16.1 Å². The van der Waals surface area contributed by atoms with Crippen LogP contribution in [0.4, 0.5) is 0 Å². The van der Waals surface area contributed by atoms with Crippen molar-refractivity contribution in [2.24, 2.45) is 0 Å². The zero-order valence-corrected chi connectivity index (χ0v) is 13.1. The van der Waals surface area contributed by atoms with E-state index in [0.717, 1.165) is 17.9 Å². The Kier molecular flexibility index (Phi) is 5.00. The summed E-state index contributed by atoms with van der Waals surface area (Å²) in [5.41, 5.74) is 1.21. The van der Waals surface area contributed by atoms with Crippen LogP contribution in [0.15, 0.2) is 0 Å². The van der Waals surface area contributed by atoms with Gasteiger partial charge in [0.05, 0.1) is 12.2 Å². The van der Waals surface area contributed by atoms with E-state index in [1.54, 1.807) is 0 Å². The molecule has 4 heteroatoms. The molecular formula is C13H21BrN2S. The lowest BCUT2D eigenvalue weighted by atomic mass is 10.1. The number of thiazole rings is 1. The van der Waals surface area contributed by atoms with Gasteiger partial charge < -0.3 is 0 Å². The number of aryl methyl sites for hydroxylation is 2. The number of hydrogen-bond acceptors (Lipinski definition) is 3. The molecule has 0 saturated carbocycles. The Labute approximate surface area is 117 Å². The largest absolute Gasteiger partial charge is 0.294 e. The van der Waals surface area contributed by atoms with Crippen LogP contribution >= 0.6 is 27.3 Å². The number of likely N-dealkylation sites (tertiary alicyclic amines) is 1. The molecule has 0 spiro atoms. The maximum atomic E-state index is 4.66. The van der Waals surface area contributed by atoms with Crippen LogP contribution in [0.3, 0.4) is 0 Å². The Morgan fingerprint density at radius 2 is 2.29 bits per heavy atom. The second-order valence-corrected chi connectivity index (χ2v) is 6.93. The number of nitrogens with zero attached hydrogens (tertiary/aromatic N) is 2. The molecule has 1 aromatic rings. The lowest BCUT2D eigenvalue weighted by Gasteiger charge is -2.23. The summed E-state index contributed by atoms with van der Waals surface area (Å²) in [7, 11) is 0. The van der Waals surface area contributed by atoms with Gasteiger partial charge in [-0.15, -0.1) is 11.3 Å². The minimum absolute atomic E-state index is 0.789. The van der Waals surface area contributed by atoms with E-state index in [1.807, 2.05) is 11.3 Å². The molecule has 17 heavy (non-hydrogen) atoms. The molecule has 2 nitrogen and oxygen atoms in total. The third kappa shape index (κ3) is 3.52. The smallest absolute Gasteiger partial charge is 0.107 e. The minimum Gasteiger partial charge on any atom is -0.294 e. The monoisotopic (exact) mass is 316 g/mol. The molecule has 96 valence electrons. The number of alkyl halides is 1. The fraction of sp³-hybridized carbons (Fsp3) is 0.769. The van der Waals surface area contributed by atoms with Gasteiger partial charge in [0.1, 0.15) is 5.01 Å². The molecule has 1 aliphatic heterocycles. The second kappa shape index (κ2) is 6.30. The molecule has 2 heterocycles. The van der Waals surface area contributed by atoms with Gasteiger partial charge in [-0.05, 0) is 46.1 Å². The Balaban J connectivity index is 1.93. The highest BCUT2D eigenvalue weighted by Crippen LogP contribution is 2.26. The van der Waals surface area contributed by atoms with E-state index >= 15 is 0 Å². The fourth-order valence-corrected chi connectivity index (χ4v) is 3.81. The summed E-state index contributed by atoms with van der Waals surface area (Å²) in [5.74, 6) is 0. The zero-order valence-electron chi connectivity index (χ0n) is 10.7. The van der Waals surface area contributed by atoms with Gasteiger partial charge >= 0.3 is 0 Å². The SMILES string of the molecule is Cc1nc(CN2CCCC2CCCBr)sc1C. The van der Waals surface area contributed by atoms with Gasteiger partial charge in [0.15, 0.2) is 0 Å². The van der Waals surface area contributed by atoms with E-state index in [2.05, 4.69) is 39.7 Å². The van der Waals surface area contributed by atoms with Crippen molar-refractivity contribution in [2.45, 2.75) is 52.1 Å². The van der Waals surface area contributed by atoms with Crippen molar-refractivity contribution in [3.8, 4) is 0 Å². The zero-order chi connectivity index (χ0) is 12.3. The maximum Gasteiger partial charge on any atom is 0.107 e. The molecule has 1 saturated heterocycles. The van der Waals surface area contributed by atoms with Crippen molar-refractivity contribution in [2.75, 3.05) is 11.9 Å². The first-order chi connectivity index (χ1) is 8.20. The average molecular weight is 317 g/mol. The van der Waals surface area contributed by atoms with E-state index in [1.165, 1.54) is 47.8 Å². The fourth-order valence-electron chi connectivity index (χ4n) is 2.52. The molecule has 0 radical (unpaired) electrons. The van der Waals surface area contributed by atoms with E-state index in [0.29, 0.717) is 0 Å². The van der Waals surface area contributed by atoms with Crippen LogP contribution in [0.25, 0.3) is 0 Å². The molecule has 1 aromatic heterocycles. The van der Waals surface area contributed by atoms with Crippen LogP contribution in [-0.2, 0) is 6.54 Å². The summed E-state index contributed by atoms with van der Waals surface area (Å²) in [6, 6.07) is 0.789. The molecule has 0 aromatic carbocycles. The van der Waals surface area contributed by atoms with E-state index in [9.17, 15) is 0 Å². The van der Waals surface area contributed by atoms with Crippen LogP contribution < -0.4 is 0 Å². The lowest BCUT2D eigenvalue weighted by molar-refractivity contribution is 0.233. The highest BCUT2D eigenvalue weighted by atomic mass is 79.9. The van der Waals surface area contributed by atoms with Crippen LogP contribution in [0.5, 0.6) is 0 Å². The summed E-state index contributed by atoms with van der Waals surface area (Å²) in [6.45, 7) is 6.60. The Morgan fingerprint density at radius 3 is 2.94 bits per heavy atom. The third-order valence-electron chi connectivity index (χ3n) is 3.58. The van der Waals surface area contributed by atoms with E-state index in [-0.39, 0.29) is 0 Å². The number of rotatable bonds is 5. The summed E-state index contributed by atoms with van der Waals surface area (Å²) in [6.07, 6.45) is 5.35. The van der Waals surface area contributed by atoms with Gasteiger partial charge in [0.25, 0.3) is 0 Å². The highest BCUT2D eigenvalue weighted by molar-refractivity contribution is 9.09. The number of hydrogen-bond donors (Lipinski definition) is 0. The van der Waals surface area contributed by atoms with Crippen LogP contribution in [0.2, 0.25) is 0 Å². The average Bonchev–Trinajstić information content (AvgIpc) is 2.85. The van der Waals surface area contributed by atoms with E-state index in [4.69, 9.17) is 0 Å².